The lowest BCUT2D eigenvalue weighted by atomic mass is 9.78. The van der Waals surface area contributed by atoms with Gasteiger partial charge in [-0.15, -0.1) is 0 Å². The highest BCUT2D eigenvalue weighted by Gasteiger charge is 2.51. The molecule has 1 fully saturated rings. The second-order valence-corrected chi connectivity index (χ2v) is 11.7. The van der Waals surface area contributed by atoms with Crippen molar-refractivity contribution in [3.05, 3.63) is 102 Å². The molecular weight excluding hydrogens is 439 g/mol. The minimum Gasteiger partial charge on any atom is -0.399 e. The zero-order chi connectivity index (χ0) is 25.3. The first-order valence-corrected chi connectivity index (χ1v) is 12.9. The van der Waals surface area contributed by atoms with E-state index in [1.807, 2.05) is 0 Å². The van der Waals surface area contributed by atoms with Crippen LogP contribution in [0.3, 0.4) is 0 Å². The zero-order valence-corrected chi connectivity index (χ0v) is 22.1. The van der Waals surface area contributed by atoms with Gasteiger partial charge in [0.15, 0.2) is 0 Å². The van der Waals surface area contributed by atoms with Crippen LogP contribution in [0.4, 0.5) is 0 Å². The predicted octanol–water partition coefficient (Wildman–Crippen LogP) is 7.63. The van der Waals surface area contributed by atoms with Crippen molar-refractivity contribution in [3.63, 3.8) is 0 Å². The maximum atomic E-state index is 6.28. The summed E-state index contributed by atoms with van der Waals surface area (Å²) in [5.74, 6) is 0. The summed E-state index contributed by atoms with van der Waals surface area (Å²) < 4.78 is 12.6. The maximum absolute atomic E-state index is 6.28. The highest BCUT2D eigenvalue weighted by Crippen LogP contribution is 2.51. The number of fused-ring (bicyclic) bond motifs is 3. The van der Waals surface area contributed by atoms with Crippen LogP contribution in [0.5, 0.6) is 0 Å². The molecule has 0 saturated carbocycles. The van der Waals surface area contributed by atoms with Crippen molar-refractivity contribution < 1.29 is 9.31 Å². The Kier molecular flexibility index (Phi) is 5.13. The molecule has 0 radical (unpaired) electrons. The van der Waals surface area contributed by atoms with Gasteiger partial charge in [0.1, 0.15) is 0 Å². The maximum Gasteiger partial charge on any atom is 0.494 e. The topological polar surface area (TPSA) is 18.5 Å². The molecule has 1 aliphatic heterocycles. The Hall–Kier alpha value is -3.14. The first-order valence-electron chi connectivity index (χ1n) is 12.9. The van der Waals surface area contributed by atoms with Gasteiger partial charge in [0.05, 0.1) is 11.2 Å². The Morgan fingerprint density at radius 3 is 1.83 bits per heavy atom. The Morgan fingerprint density at radius 1 is 0.528 bits per heavy atom. The number of hydrogen-bond donors (Lipinski definition) is 0. The summed E-state index contributed by atoms with van der Waals surface area (Å²) in [4.78, 5) is 0. The Labute approximate surface area is 215 Å². The van der Waals surface area contributed by atoms with Gasteiger partial charge in [-0.05, 0) is 77.7 Å². The molecule has 2 nitrogen and oxygen atoms in total. The third-order valence-electron chi connectivity index (χ3n) is 8.55. The molecule has 0 unspecified atom stereocenters. The largest absolute Gasteiger partial charge is 0.494 e. The third-order valence-corrected chi connectivity index (χ3v) is 8.55. The van der Waals surface area contributed by atoms with Crippen LogP contribution in [0, 0.1) is 0 Å². The summed E-state index contributed by atoms with van der Waals surface area (Å²) in [6, 6.07) is 33.1. The highest BCUT2D eigenvalue weighted by atomic mass is 16.7. The first-order chi connectivity index (χ1) is 17.1. The molecule has 4 aromatic carbocycles. The average Bonchev–Trinajstić information content (AvgIpc) is 3.24. The van der Waals surface area contributed by atoms with Gasteiger partial charge < -0.3 is 9.31 Å². The predicted molar refractivity (Wildman–Crippen MR) is 151 cm³/mol. The smallest absolute Gasteiger partial charge is 0.399 e. The Morgan fingerprint density at radius 2 is 1.11 bits per heavy atom. The second-order valence-electron chi connectivity index (χ2n) is 11.7. The second kappa shape index (κ2) is 7.93. The van der Waals surface area contributed by atoms with Crippen LogP contribution in [0.25, 0.3) is 33.4 Å². The van der Waals surface area contributed by atoms with Gasteiger partial charge in [-0.2, -0.15) is 0 Å². The minimum atomic E-state index is -0.357. The molecule has 0 bridgehead atoms. The first kappa shape index (κ1) is 23.3. The van der Waals surface area contributed by atoms with Crippen LogP contribution in [0.1, 0.15) is 52.7 Å². The van der Waals surface area contributed by atoms with Crippen molar-refractivity contribution in [2.24, 2.45) is 0 Å². The zero-order valence-electron chi connectivity index (χ0n) is 22.1. The average molecular weight is 472 g/mol. The summed E-state index contributed by atoms with van der Waals surface area (Å²) in [6.07, 6.45) is 0. The number of hydrogen-bond acceptors (Lipinski definition) is 2. The molecule has 36 heavy (non-hydrogen) atoms. The molecule has 3 heteroatoms. The van der Waals surface area contributed by atoms with E-state index in [1.54, 1.807) is 0 Å². The molecule has 1 heterocycles. The summed E-state index contributed by atoms with van der Waals surface area (Å²) in [5.41, 5.74) is 10.8. The molecule has 0 atom stereocenters. The van der Waals surface area contributed by atoms with Crippen LogP contribution in [0.2, 0.25) is 0 Å². The van der Waals surface area contributed by atoms with Crippen molar-refractivity contribution in [1.82, 2.24) is 0 Å². The lowest BCUT2D eigenvalue weighted by Gasteiger charge is -2.32. The van der Waals surface area contributed by atoms with E-state index in [-0.39, 0.29) is 23.7 Å². The molecule has 0 aromatic heterocycles. The molecule has 0 amide bonds. The number of benzene rings is 4. The van der Waals surface area contributed by atoms with Gasteiger partial charge in [0.2, 0.25) is 0 Å². The van der Waals surface area contributed by atoms with Crippen molar-refractivity contribution >= 4 is 12.6 Å². The van der Waals surface area contributed by atoms with Gasteiger partial charge in [0, 0.05) is 5.41 Å². The highest BCUT2D eigenvalue weighted by molar-refractivity contribution is 6.62. The van der Waals surface area contributed by atoms with Crippen molar-refractivity contribution in [3.8, 4) is 33.4 Å². The van der Waals surface area contributed by atoms with Gasteiger partial charge >= 0.3 is 7.12 Å². The van der Waals surface area contributed by atoms with E-state index in [9.17, 15) is 0 Å². The Bertz CT molecular complexity index is 1450. The van der Waals surface area contributed by atoms with Crippen molar-refractivity contribution in [2.45, 2.75) is 58.2 Å². The monoisotopic (exact) mass is 472 g/mol. The summed E-state index contributed by atoms with van der Waals surface area (Å²) >= 11 is 0. The quantitative estimate of drug-likeness (QED) is 0.286. The SMILES string of the molecule is CC1(C)c2ccccc2-c2c(-c3ccc(-c4cccc(B5OC(C)(C)C(C)(C)O5)c4)cc3)cccc21. The van der Waals surface area contributed by atoms with E-state index < -0.39 is 0 Å². The van der Waals surface area contributed by atoms with Crippen LogP contribution in [0.15, 0.2) is 91.0 Å². The van der Waals surface area contributed by atoms with Gasteiger partial charge in [-0.3, -0.25) is 0 Å². The molecule has 180 valence electrons. The Balaban J connectivity index is 1.35. The van der Waals surface area contributed by atoms with E-state index >= 15 is 0 Å². The summed E-state index contributed by atoms with van der Waals surface area (Å²) in [6.45, 7) is 13.0. The van der Waals surface area contributed by atoms with Gasteiger partial charge in [-0.25, -0.2) is 0 Å². The standard InChI is InChI=1S/C33H33BO2/c1-31(2)28-15-8-7-13-27(28)30-26(14-10-16-29(30)31)23-19-17-22(18-20-23)24-11-9-12-25(21-24)34-35-32(3,4)33(5,6)36-34/h7-21H,1-6H3. The molecule has 6 rings (SSSR count). The van der Waals surface area contributed by atoms with Crippen LogP contribution < -0.4 is 5.46 Å². The van der Waals surface area contributed by atoms with Crippen molar-refractivity contribution in [2.75, 3.05) is 0 Å². The molecule has 4 aromatic rings. The molecular formula is C33H33BO2. The number of rotatable bonds is 3. The van der Waals surface area contributed by atoms with E-state index in [1.165, 1.54) is 44.5 Å². The van der Waals surface area contributed by atoms with Crippen LogP contribution in [-0.4, -0.2) is 18.3 Å². The normalized spacial score (nSPS) is 18.7. The molecule has 0 spiro atoms. The molecule has 1 aliphatic carbocycles. The van der Waals surface area contributed by atoms with Crippen LogP contribution in [-0.2, 0) is 14.7 Å². The fraction of sp³-hybridized carbons (Fsp3) is 0.273. The van der Waals surface area contributed by atoms with E-state index in [0.717, 1.165) is 5.46 Å². The minimum absolute atomic E-state index is 0.00975. The molecule has 2 aliphatic rings. The fourth-order valence-corrected chi connectivity index (χ4v) is 5.68. The van der Waals surface area contributed by atoms with E-state index in [0.29, 0.717) is 0 Å². The van der Waals surface area contributed by atoms with Crippen LogP contribution >= 0.6 is 0 Å². The van der Waals surface area contributed by atoms with Gasteiger partial charge in [-0.1, -0.05) is 105 Å². The summed E-state index contributed by atoms with van der Waals surface area (Å²) in [7, 11) is -0.357. The van der Waals surface area contributed by atoms with E-state index in [4.69, 9.17) is 9.31 Å². The third kappa shape index (κ3) is 3.49. The van der Waals surface area contributed by atoms with Crippen molar-refractivity contribution in [1.29, 1.82) is 0 Å². The lowest BCUT2D eigenvalue weighted by Crippen LogP contribution is -2.41. The van der Waals surface area contributed by atoms with Gasteiger partial charge in [0.25, 0.3) is 0 Å². The molecule has 1 saturated heterocycles. The fourth-order valence-electron chi connectivity index (χ4n) is 5.68. The summed E-state index contributed by atoms with van der Waals surface area (Å²) in [5, 5.41) is 0. The molecule has 0 N–H and O–H groups in total. The lowest BCUT2D eigenvalue weighted by molar-refractivity contribution is 0.00578. The van der Waals surface area contributed by atoms with E-state index in [2.05, 4.69) is 133 Å².